The molecule has 1 aromatic carbocycles. The first-order valence-electron chi connectivity index (χ1n) is 6.68. The molecule has 21 heavy (non-hydrogen) atoms. The number of benzene rings is 1. The molecule has 0 radical (unpaired) electrons. The summed E-state index contributed by atoms with van der Waals surface area (Å²) in [6, 6.07) is 8.15. The van der Waals surface area contributed by atoms with Crippen LogP contribution in [-0.4, -0.2) is 50.5 Å². The molecule has 114 valence electrons. The third-order valence-corrected chi connectivity index (χ3v) is 6.49. The van der Waals surface area contributed by atoms with Gasteiger partial charge in [-0.1, -0.05) is 6.07 Å². The Hall–Kier alpha value is -1.07. The average Bonchev–Trinajstić information content (AvgIpc) is 3.01. The van der Waals surface area contributed by atoms with Gasteiger partial charge in [0.1, 0.15) is 0 Å². The predicted molar refractivity (Wildman–Crippen MR) is 82.7 cm³/mol. The fourth-order valence-electron chi connectivity index (χ4n) is 2.29. The van der Waals surface area contributed by atoms with Crippen molar-refractivity contribution >= 4 is 21.8 Å². The van der Waals surface area contributed by atoms with E-state index in [1.165, 1.54) is 16.4 Å². The fourth-order valence-corrected chi connectivity index (χ4v) is 5.29. The molecule has 0 spiro atoms. The van der Waals surface area contributed by atoms with Gasteiger partial charge in [0, 0.05) is 25.4 Å². The largest absolute Gasteiger partial charge is 0.383 e. The van der Waals surface area contributed by atoms with Gasteiger partial charge in [0.2, 0.25) is 10.0 Å². The number of hydrogen-bond donors (Lipinski definition) is 0. The van der Waals surface area contributed by atoms with Crippen molar-refractivity contribution < 1.29 is 13.2 Å². The molecular weight excluding hydrogens is 308 g/mol. The maximum atomic E-state index is 12.8. The quantitative estimate of drug-likeness (QED) is 0.796. The highest BCUT2D eigenvalue weighted by Gasteiger charge is 2.33. The molecule has 1 aromatic rings. The molecule has 7 heteroatoms. The minimum Gasteiger partial charge on any atom is -0.383 e. The number of sulfonamides is 1. The van der Waals surface area contributed by atoms with Crippen LogP contribution in [-0.2, 0) is 14.8 Å². The number of ether oxygens (including phenoxy) is 1. The van der Waals surface area contributed by atoms with Crippen molar-refractivity contribution in [3.05, 3.63) is 29.8 Å². The normalized spacial score (nSPS) is 18.8. The summed E-state index contributed by atoms with van der Waals surface area (Å²) in [6.45, 7) is 0.694. The van der Waals surface area contributed by atoms with Crippen molar-refractivity contribution in [1.29, 1.82) is 5.26 Å². The van der Waals surface area contributed by atoms with E-state index in [1.54, 1.807) is 31.0 Å². The van der Waals surface area contributed by atoms with Gasteiger partial charge in [-0.25, -0.2) is 8.42 Å². The van der Waals surface area contributed by atoms with Gasteiger partial charge in [0.25, 0.3) is 0 Å². The summed E-state index contributed by atoms with van der Waals surface area (Å²) in [5, 5.41) is 8.94. The highest BCUT2D eigenvalue weighted by Crippen LogP contribution is 2.27. The zero-order chi connectivity index (χ0) is 15.3. The average molecular weight is 326 g/mol. The SMILES string of the molecule is COCCN([C@@H]1CCSC1)S(=O)(=O)c1cccc(C#N)c1. The van der Waals surface area contributed by atoms with E-state index in [2.05, 4.69) is 0 Å². The smallest absolute Gasteiger partial charge is 0.243 e. The Balaban J connectivity index is 2.33. The van der Waals surface area contributed by atoms with Crippen LogP contribution in [0.4, 0.5) is 0 Å². The summed E-state index contributed by atoms with van der Waals surface area (Å²) in [5.74, 6) is 1.78. The van der Waals surface area contributed by atoms with Gasteiger partial charge in [0.05, 0.1) is 23.1 Å². The number of rotatable bonds is 6. The topological polar surface area (TPSA) is 70.4 Å². The van der Waals surface area contributed by atoms with Gasteiger partial charge in [0.15, 0.2) is 0 Å². The molecule has 1 atom stereocenters. The number of hydrogen-bond acceptors (Lipinski definition) is 5. The summed E-state index contributed by atoms with van der Waals surface area (Å²) in [6.07, 6.45) is 0.853. The van der Waals surface area contributed by atoms with Gasteiger partial charge in [-0.15, -0.1) is 0 Å². The molecular formula is C14H18N2O3S2. The van der Waals surface area contributed by atoms with Gasteiger partial charge in [-0.2, -0.15) is 21.3 Å². The second-order valence-corrected chi connectivity index (χ2v) is 7.81. The number of nitriles is 1. The second-order valence-electron chi connectivity index (χ2n) is 4.77. The lowest BCUT2D eigenvalue weighted by Crippen LogP contribution is -2.42. The molecule has 0 amide bonds. The molecule has 2 rings (SSSR count). The molecule has 1 aliphatic heterocycles. The van der Waals surface area contributed by atoms with E-state index in [4.69, 9.17) is 10.00 Å². The summed E-state index contributed by atoms with van der Waals surface area (Å²) in [4.78, 5) is 0.176. The molecule has 0 N–H and O–H groups in total. The third-order valence-electron chi connectivity index (χ3n) is 3.40. The zero-order valence-corrected chi connectivity index (χ0v) is 13.5. The maximum Gasteiger partial charge on any atom is 0.243 e. The number of thioether (sulfide) groups is 1. The minimum absolute atomic E-state index is 0.000826. The lowest BCUT2D eigenvalue weighted by atomic mass is 10.2. The van der Waals surface area contributed by atoms with Crippen LogP contribution in [0, 0.1) is 11.3 Å². The van der Waals surface area contributed by atoms with Crippen LogP contribution in [0.3, 0.4) is 0 Å². The van der Waals surface area contributed by atoms with E-state index in [-0.39, 0.29) is 10.9 Å². The lowest BCUT2D eigenvalue weighted by Gasteiger charge is -2.27. The first-order chi connectivity index (χ1) is 10.1. The summed E-state index contributed by atoms with van der Waals surface area (Å²) < 4.78 is 32.3. The van der Waals surface area contributed by atoms with E-state index >= 15 is 0 Å². The maximum absolute atomic E-state index is 12.8. The molecule has 1 saturated heterocycles. The minimum atomic E-state index is -3.60. The van der Waals surface area contributed by atoms with Gasteiger partial charge in [-0.3, -0.25) is 0 Å². The van der Waals surface area contributed by atoms with Crippen LogP contribution in [0.5, 0.6) is 0 Å². The summed E-state index contributed by atoms with van der Waals surface area (Å²) >= 11 is 1.76. The molecule has 1 fully saturated rings. The van der Waals surface area contributed by atoms with E-state index < -0.39 is 10.0 Å². The summed E-state index contributed by atoms with van der Waals surface area (Å²) in [7, 11) is -2.04. The Kier molecular flexibility index (Phi) is 5.65. The van der Waals surface area contributed by atoms with Crippen molar-refractivity contribution in [2.24, 2.45) is 0 Å². The third kappa shape index (κ3) is 3.77. The Morgan fingerprint density at radius 3 is 2.95 bits per heavy atom. The van der Waals surface area contributed by atoms with Crippen LogP contribution >= 0.6 is 11.8 Å². The van der Waals surface area contributed by atoms with Crippen molar-refractivity contribution in [2.75, 3.05) is 31.8 Å². The van der Waals surface area contributed by atoms with Crippen LogP contribution in [0.1, 0.15) is 12.0 Å². The van der Waals surface area contributed by atoms with Crippen LogP contribution < -0.4 is 0 Å². The Bertz CT molecular complexity index is 619. The van der Waals surface area contributed by atoms with Gasteiger partial charge in [-0.05, 0) is 30.4 Å². The first kappa shape index (κ1) is 16.3. The molecule has 1 heterocycles. The Morgan fingerprint density at radius 1 is 1.52 bits per heavy atom. The Morgan fingerprint density at radius 2 is 2.33 bits per heavy atom. The molecule has 1 aliphatic rings. The number of nitrogens with zero attached hydrogens (tertiary/aromatic N) is 2. The van der Waals surface area contributed by atoms with Gasteiger partial charge < -0.3 is 4.74 Å². The van der Waals surface area contributed by atoms with Crippen LogP contribution in [0.15, 0.2) is 29.2 Å². The highest BCUT2D eigenvalue weighted by molar-refractivity contribution is 7.99. The molecule has 0 saturated carbocycles. The highest BCUT2D eigenvalue weighted by atomic mass is 32.2. The molecule has 0 unspecified atom stereocenters. The second kappa shape index (κ2) is 7.27. The van der Waals surface area contributed by atoms with E-state index in [1.807, 2.05) is 6.07 Å². The van der Waals surface area contributed by atoms with Crippen molar-refractivity contribution in [1.82, 2.24) is 4.31 Å². The molecule has 0 bridgehead atoms. The van der Waals surface area contributed by atoms with E-state index in [9.17, 15) is 8.42 Å². The lowest BCUT2D eigenvalue weighted by molar-refractivity contribution is 0.169. The fraction of sp³-hybridized carbons (Fsp3) is 0.500. The van der Waals surface area contributed by atoms with E-state index in [0.717, 1.165) is 17.9 Å². The monoisotopic (exact) mass is 326 g/mol. The standard InChI is InChI=1S/C14H18N2O3S2/c1-19-7-6-16(13-5-8-20-11-13)21(17,18)14-4-2-3-12(9-14)10-15/h2-4,9,13H,5-8,11H2,1H3/t13-/m1/s1. The molecule has 0 aliphatic carbocycles. The number of methoxy groups -OCH3 is 1. The van der Waals surface area contributed by atoms with Gasteiger partial charge >= 0.3 is 0 Å². The first-order valence-corrected chi connectivity index (χ1v) is 9.27. The summed E-state index contributed by atoms with van der Waals surface area (Å²) in [5.41, 5.74) is 0.351. The van der Waals surface area contributed by atoms with Crippen molar-refractivity contribution in [3.63, 3.8) is 0 Å². The van der Waals surface area contributed by atoms with Crippen molar-refractivity contribution in [3.8, 4) is 6.07 Å². The molecule has 0 aromatic heterocycles. The van der Waals surface area contributed by atoms with E-state index in [0.29, 0.717) is 18.7 Å². The van der Waals surface area contributed by atoms with Crippen molar-refractivity contribution in [2.45, 2.75) is 17.4 Å². The molecule has 5 nitrogen and oxygen atoms in total. The zero-order valence-electron chi connectivity index (χ0n) is 11.9. The Labute approximate surface area is 129 Å². The predicted octanol–water partition coefficient (Wildman–Crippen LogP) is 1.70. The van der Waals surface area contributed by atoms with Crippen LogP contribution in [0.25, 0.3) is 0 Å². The van der Waals surface area contributed by atoms with Crippen LogP contribution in [0.2, 0.25) is 0 Å².